The van der Waals surface area contributed by atoms with E-state index in [4.69, 9.17) is 0 Å². The molecule has 3 rings (SSSR count). The number of anilines is 1. The van der Waals surface area contributed by atoms with Crippen molar-refractivity contribution in [2.24, 2.45) is 11.8 Å². The lowest BCUT2D eigenvalue weighted by atomic mass is 9.83. The van der Waals surface area contributed by atoms with Crippen LogP contribution in [0.1, 0.15) is 57.2 Å². The van der Waals surface area contributed by atoms with Gasteiger partial charge >= 0.3 is 0 Å². The third-order valence-electron chi connectivity index (χ3n) is 4.48. The number of imidazole rings is 1. The number of nitrogens with one attached hydrogen (secondary N) is 1. The van der Waals surface area contributed by atoms with E-state index in [1.54, 1.807) is 0 Å². The van der Waals surface area contributed by atoms with Gasteiger partial charge in [0.1, 0.15) is 0 Å². The normalized spacial score (nSPS) is 28.3. The average molecular weight is 247 g/mol. The minimum atomic E-state index is 0.722. The van der Waals surface area contributed by atoms with Gasteiger partial charge < -0.3 is 9.88 Å². The molecule has 0 aliphatic heterocycles. The highest BCUT2D eigenvalue weighted by Gasteiger charge is 2.26. The van der Waals surface area contributed by atoms with Gasteiger partial charge in [-0.15, -0.1) is 0 Å². The van der Waals surface area contributed by atoms with Crippen molar-refractivity contribution in [2.45, 2.75) is 58.4 Å². The van der Waals surface area contributed by atoms with Crippen molar-refractivity contribution in [1.29, 1.82) is 0 Å². The van der Waals surface area contributed by atoms with Crippen molar-refractivity contribution in [1.82, 2.24) is 9.55 Å². The SMILES string of the molecule is Cc1cn(C2CC2)c(NCC2CCC(C)CC2)n1. The lowest BCUT2D eigenvalue weighted by Crippen LogP contribution is -2.21. The molecule has 2 aliphatic carbocycles. The topological polar surface area (TPSA) is 29.9 Å². The van der Waals surface area contributed by atoms with Gasteiger partial charge in [-0.3, -0.25) is 0 Å². The van der Waals surface area contributed by atoms with Gasteiger partial charge in [0.05, 0.1) is 5.69 Å². The van der Waals surface area contributed by atoms with Crippen LogP contribution in [0.2, 0.25) is 0 Å². The van der Waals surface area contributed by atoms with Crippen molar-refractivity contribution < 1.29 is 0 Å². The molecule has 0 radical (unpaired) electrons. The number of aromatic nitrogens is 2. The molecule has 1 heterocycles. The summed E-state index contributed by atoms with van der Waals surface area (Å²) in [5.41, 5.74) is 1.14. The molecule has 1 aromatic heterocycles. The molecule has 1 N–H and O–H groups in total. The van der Waals surface area contributed by atoms with E-state index in [0.717, 1.165) is 36.1 Å². The van der Waals surface area contributed by atoms with E-state index < -0.39 is 0 Å². The zero-order valence-corrected chi connectivity index (χ0v) is 11.7. The molecule has 0 bridgehead atoms. The Morgan fingerprint density at radius 3 is 2.61 bits per heavy atom. The summed E-state index contributed by atoms with van der Waals surface area (Å²) < 4.78 is 2.35. The third kappa shape index (κ3) is 2.70. The van der Waals surface area contributed by atoms with Crippen LogP contribution in [-0.2, 0) is 0 Å². The number of nitrogens with zero attached hydrogens (tertiary/aromatic N) is 2. The Morgan fingerprint density at radius 2 is 1.94 bits per heavy atom. The Labute approximate surface area is 110 Å². The lowest BCUT2D eigenvalue weighted by molar-refractivity contribution is 0.300. The summed E-state index contributed by atoms with van der Waals surface area (Å²) in [4.78, 5) is 4.62. The smallest absolute Gasteiger partial charge is 0.203 e. The van der Waals surface area contributed by atoms with Crippen molar-refractivity contribution in [3.05, 3.63) is 11.9 Å². The van der Waals surface area contributed by atoms with Crippen LogP contribution in [-0.4, -0.2) is 16.1 Å². The predicted octanol–water partition coefficient (Wildman–Crippen LogP) is 3.76. The Balaban J connectivity index is 1.56. The van der Waals surface area contributed by atoms with Crippen molar-refractivity contribution in [3.63, 3.8) is 0 Å². The summed E-state index contributed by atoms with van der Waals surface area (Å²) in [6.07, 6.45) is 10.4. The predicted molar refractivity (Wildman–Crippen MR) is 74.8 cm³/mol. The molecule has 0 unspecified atom stereocenters. The average Bonchev–Trinajstić information content (AvgIpc) is 3.13. The van der Waals surface area contributed by atoms with Gasteiger partial charge in [0, 0.05) is 18.8 Å². The van der Waals surface area contributed by atoms with E-state index in [1.165, 1.54) is 38.5 Å². The van der Waals surface area contributed by atoms with Crippen LogP contribution >= 0.6 is 0 Å². The van der Waals surface area contributed by atoms with Crippen LogP contribution < -0.4 is 5.32 Å². The largest absolute Gasteiger partial charge is 0.355 e. The van der Waals surface area contributed by atoms with Crippen LogP contribution in [0.5, 0.6) is 0 Å². The van der Waals surface area contributed by atoms with Crippen molar-refractivity contribution in [2.75, 3.05) is 11.9 Å². The first-order chi connectivity index (χ1) is 8.72. The van der Waals surface area contributed by atoms with E-state index in [1.807, 2.05) is 0 Å². The second kappa shape index (κ2) is 4.94. The zero-order chi connectivity index (χ0) is 12.5. The Morgan fingerprint density at radius 1 is 1.22 bits per heavy atom. The number of hydrogen-bond donors (Lipinski definition) is 1. The first-order valence-corrected chi connectivity index (χ1v) is 7.51. The molecule has 100 valence electrons. The van der Waals surface area contributed by atoms with E-state index in [-0.39, 0.29) is 0 Å². The summed E-state index contributed by atoms with van der Waals surface area (Å²) in [5.74, 6) is 2.90. The van der Waals surface area contributed by atoms with Gasteiger partial charge in [-0.2, -0.15) is 0 Å². The molecule has 0 saturated heterocycles. The van der Waals surface area contributed by atoms with Crippen LogP contribution in [0.4, 0.5) is 5.95 Å². The fourth-order valence-electron chi connectivity index (χ4n) is 3.05. The zero-order valence-electron chi connectivity index (χ0n) is 11.7. The second-order valence-corrected chi connectivity index (χ2v) is 6.35. The van der Waals surface area contributed by atoms with E-state index in [2.05, 4.69) is 34.9 Å². The number of hydrogen-bond acceptors (Lipinski definition) is 2. The van der Waals surface area contributed by atoms with Gasteiger partial charge in [0.15, 0.2) is 0 Å². The minimum Gasteiger partial charge on any atom is -0.355 e. The maximum Gasteiger partial charge on any atom is 0.203 e. The molecule has 2 saturated carbocycles. The van der Waals surface area contributed by atoms with E-state index in [0.29, 0.717) is 0 Å². The molecular formula is C15H25N3. The summed E-state index contributed by atoms with van der Waals surface area (Å²) >= 11 is 0. The fraction of sp³-hybridized carbons (Fsp3) is 0.800. The molecular weight excluding hydrogens is 222 g/mol. The first-order valence-electron chi connectivity index (χ1n) is 7.51. The monoisotopic (exact) mass is 247 g/mol. The van der Waals surface area contributed by atoms with Crippen LogP contribution in [0, 0.1) is 18.8 Å². The van der Waals surface area contributed by atoms with Gasteiger partial charge in [-0.25, -0.2) is 4.98 Å². The molecule has 1 aromatic rings. The number of rotatable bonds is 4. The van der Waals surface area contributed by atoms with E-state index >= 15 is 0 Å². The maximum atomic E-state index is 4.62. The Kier molecular flexibility index (Phi) is 3.31. The van der Waals surface area contributed by atoms with Crippen molar-refractivity contribution in [3.8, 4) is 0 Å². The van der Waals surface area contributed by atoms with Gasteiger partial charge in [-0.05, 0) is 44.4 Å². The quantitative estimate of drug-likeness (QED) is 0.878. The summed E-state index contributed by atoms with van der Waals surface area (Å²) in [5, 5.41) is 3.59. The molecule has 3 heteroatoms. The second-order valence-electron chi connectivity index (χ2n) is 6.35. The highest BCUT2D eigenvalue weighted by atomic mass is 15.2. The molecule has 0 atom stereocenters. The minimum absolute atomic E-state index is 0.722. The molecule has 0 aromatic carbocycles. The van der Waals surface area contributed by atoms with Crippen molar-refractivity contribution >= 4 is 5.95 Å². The van der Waals surface area contributed by atoms with Gasteiger partial charge in [0.2, 0.25) is 5.95 Å². The van der Waals surface area contributed by atoms with Crippen LogP contribution in [0.15, 0.2) is 6.20 Å². The van der Waals surface area contributed by atoms with Gasteiger partial charge in [-0.1, -0.05) is 19.8 Å². The highest BCUT2D eigenvalue weighted by Crippen LogP contribution is 2.37. The van der Waals surface area contributed by atoms with E-state index in [9.17, 15) is 0 Å². The fourth-order valence-corrected chi connectivity index (χ4v) is 3.05. The Bertz CT molecular complexity index is 398. The summed E-state index contributed by atoms with van der Waals surface area (Å²) in [7, 11) is 0. The standard InChI is InChI=1S/C15H25N3/c1-11-3-5-13(6-4-11)9-16-15-17-12(2)10-18(15)14-7-8-14/h10-11,13-14H,3-9H2,1-2H3,(H,16,17). The number of aryl methyl sites for hydroxylation is 1. The highest BCUT2D eigenvalue weighted by molar-refractivity contribution is 5.30. The summed E-state index contributed by atoms with van der Waals surface area (Å²) in [6.45, 7) is 5.58. The molecule has 3 nitrogen and oxygen atoms in total. The van der Waals surface area contributed by atoms with Gasteiger partial charge in [0.25, 0.3) is 0 Å². The van der Waals surface area contributed by atoms with Crippen LogP contribution in [0.3, 0.4) is 0 Å². The molecule has 18 heavy (non-hydrogen) atoms. The lowest BCUT2D eigenvalue weighted by Gasteiger charge is -2.26. The first kappa shape index (κ1) is 12.1. The van der Waals surface area contributed by atoms with Crippen LogP contribution in [0.25, 0.3) is 0 Å². The molecule has 2 fully saturated rings. The third-order valence-corrected chi connectivity index (χ3v) is 4.48. The molecule has 0 spiro atoms. The molecule has 0 amide bonds. The maximum absolute atomic E-state index is 4.62. The molecule has 2 aliphatic rings. The Hall–Kier alpha value is -0.990. The summed E-state index contributed by atoms with van der Waals surface area (Å²) in [6, 6.07) is 0.722.